The average Bonchev–Trinajstić information content (AvgIpc) is 3.14. The van der Waals surface area contributed by atoms with E-state index in [1.54, 1.807) is 16.9 Å². The molecule has 0 radical (unpaired) electrons. The van der Waals surface area contributed by atoms with Gasteiger partial charge in [0.05, 0.1) is 17.9 Å². The molecule has 2 heterocycles. The smallest absolute Gasteiger partial charge is 0.274 e. The number of rotatable bonds is 5. The van der Waals surface area contributed by atoms with Crippen LogP contribution in [0.15, 0.2) is 47.1 Å². The van der Waals surface area contributed by atoms with Crippen LogP contribution in [0.5, 0.6) is 0 Å². The summed E-state index contributed by atoms with van der Waals surface area (Å²) in [6, 6.07) is 11.1. The van der Waals surface area contributed by atoms with E-state index in [9.17, 15) is 4.79 Å². The molecular formula is C17H17N5O2. The highest BCUT2D eigenvalue weighted by Gasteiger charge is 2.29. The molecule has 7 heteroatoms. The van der Waals surface area contributed by atoms with Crippen LogP contribution < -0.4 is 5.32 Å². The van der Waals surface area contributed by atoms with Crippen molar-refractivity contribution in [2.24, 2.45) is 0 Å². The van der Waals surface area contributed by atoms with Crippen LogP contribution in [0, 0.1) is 0 Å². The summed E-state index contributed by atoms with van der Waals surface area (Å²) in [4.78, 5) is 12.3. The molecule has 1 saturated carbocycles. The second kappa shape index (κ2) is 5.92. The standard InChI is InChI=1S/C17H17N5O2/c1-11(15-10-22(21-19-15)13-5-3-2-4-6-13)18-17(23)14-9-16(24-20-14)12-7-8-12/h2-6,9-12H,7-8H2,1H3,(H,18,23). The molecule has 1 atom stereocenters. The lowest BCUT2D eigenvalue weighted by atomic mass is 10.2. The van der Waals surface area contributed by atoms with Crippen molar-refractivity contribution in [1.82, 2.24) is 25.5 Å². The van der Waals surface area contributed by atoms with Gasteiger partial charge >= 0.3 is 0 Å². The van der Waals surface area contributed by atoms with Gasteiger partial charge in [0, 0.05) is 12.0 Å². The lowest BCUT2D eigenvalue weighted by Crippen LogP contribution is -2.27. The molecule has 1 aromatic carbocycles. The van der Waals surface area contributed by atoms with E-state index in [4.69, 9.17) is 4.52 Å². The zero-order chi connectivity index (χ0) is 16.5. The summed E-state index contributed by atoms with van der Waals surface area (Å²) in [5.41, 5.74) is 1.90. The van der Waals surface area contributed by atoms with Crippen molar-refractivity contribution >= 4 is 5.91 Å². The molecule has 1 fully saturated rings. The lowest BCUT2D eigenvalue weighted by molar-refractivity contribution is 0.0930. The van der Waals surface area contributed by atoms with Crippen LogP contribution in [0.3, 0.4) is 0 Å². The van der Waals surface area contributed by atoms with Crippen LogP contribution >= 0.6 is 0 Å². The summed E-state index contributed by atoms with van der Waals surface area (Å²) in [5, 5.41) is 15.0. The third-order valence-corrected chi connectivity index (χ3v) is 4.06. The van der Waals surface area contributed by atoms with E-state index in [2.05, 4.69) is 20.8 Å². The van der Waals surface area contributed by atoms with Gasteiger partial charge in [0.2, 0.25) is 0 Å². The predicted molar refractivity (Wildman–Crippen MR) is 85.7 cm³/mol. The fourth-order valence-electron chi connectivity index (χ4n) is 2.48. The summed E-state index contributed by atoms with van der Waals surface area (Å²) in [7, 11) is 0. The zero-order valence-electron chi connectivity index (χ0n) is 13.2. The molecule has 122 valence electrons. The molecule has 1 N–H and O–H groups in total. The Morgan fingerprint density at radius 2 is 2.12 bits per heavy atom. The Hall–Kier alpha value is -2.96. The van der Waals surface area contributed by atoms with Gasteiger partial charge in [-0.2, -0.15) is 0 Å². The number of nitrogens with zero attached hydrogens (tertiary/aromatic N) is 4. The van der Waals surface area contributed by atoms with Crippen LogP contribution in [0.4, 0.5) is 0 Å². The molecule has 1 amide bonds. The molecule has 0 aliphatic heterocycles. The van der Waals surface area contributed by atoms with Crippen LogP contribution in [0.25, 0.3) is 5.69 Å². The van der Waals surface area contributed by atoms with Crippen molar-refractivity contribution in [3.8, 4) is 5.69 Å². The van der Waals surface area contributed by atoms with E-state index in [0.717, 1.165) is 24.3 Å². The van der Waals surface area contributed by atoms with Gasteiger partial charge in [-0.15, -0.1) is 5.10 Å². The van der Waals surface area contributed by atoms with Crippen molar-refractivity contribution in [2.45, 2.75) is 31.7 Å². The molecule has 1 aliphatic carbocycles. The molecular weight excluding hydrogens is 306 g/mol. The second-order valence-corrected chi connectivity index (χ2v) is 6.01. The Labute approximate surface area is 138 Å². The van der Waals surface area contributed by atoms with E-state index >= 15 is 0 Å². The van der Waals surface area contributed by atoms with Crippen LogP contribution in [0.2, 0.25) is 0 Å². The minimum absolute atomic E-state index is 0.271. The summed E-state index contributed by atoms with van der Waals surface area (Å²) >= 11 is 0. The zero-order valence-corrected chi connectivity index (χ0v) is 13.2. The Kier molecular flexibility index (Phi) is 3.60. The topological polar surface area (TPSA) is 85.8 Å². The van der Waals surface area contributed by atoms with E-state index in [-0.39, 0.29) is 11.9 Å². The summed E-state index contributed by atoms with van der Waals surface area (Å²) in [5.74, 6) is 0.956. The number of carbonyl (C=O) groups excluding carboxylic acids is 1. The number of carbonyl (C=O) groups is 1. The first-order valence-electron chi connectivity index (χ1n) is 7.96. The summed E-state index contributed by atoms with van der Waals surface area (Å²) < 4.78 is 6.90. The number of amides is 1. The maximum absolute atomic E-state index is 12.3. The number of hydrogen-bond acceptors (Lipinski definition) is 5. The Morgan fingerprint density at radius 3 is 2.88 bits per heavy atom. The molecule has 24 heavy (non-hydrogen) atoms. The maximum atomic E-state index is 12.3. The number of benzene rings is 1. The minimum Gasteiger partial charge on any atom is -0.360 e. The Balaban J connectivity index is 1.44. The molecule has 0 bridgehead atoms. The summed E-state index contributed by atoms with van der Waals surface area (Å²) in [6.45, 7) is 1.86. The van der Waals surface area contributed by atoms with Gasteiger partial charge in [0.15, 0.2) is 5.69 Å². The molecule has 4 rings (SSSR count). The highest BCUT2D eigenvalue weighted by Crippen LogP contribution is 2.40. The fraction of sp³-hybridized carbons (Fsp3) is 0.294. The Morgan fingerprint density at radius 1 is 1.33 bits per heavy atom. The highest BCUT2D eigenvalue weighted by atomic mass is 16.5. The summed E-state index contributed by atoms with van der Waals surface area (Å²) in [6.07, 6.45) is 4.02. The molecule has 2 aromatic heterocycles. The third kappa shape index (κ3) is 2.92. The second-order valence-electron chi connectivity index (χ2n) is 6.01. The molecule has 0 spiro atoms. The van der Waals surface area contributed by atoms with Crippen LogP contribution in [-0.4, -0.2) is 26.1 Å². The molecule has 0 saturated heterocycles. The van der Waals surface area contributed by atoms with Crippen LogP contribution in [0.1, 0.15) is 53.7 Å². The molecule has 3 aromatic rings. The fourth-order valence-corrected chi connectivity index (χ4v) is 2.48. The van der Waals surface area contributed by atoms with Crippen molar-refractivity contribution < 1.29 is 9.32 Å². The first-order chi connectivity index (χ1) is 11.7. The van der Waals surface area contributed by atoms with Gasteiger partial charge in [0.25, 0.3) is 5.91 Å². The first-order valence-corrected chi connectivity index (χ1v) is 7.96. The van der Waals surface area contributed by atoms with Gasteiger partial charge in [-0.05, 0) is 31.9 Å². The average molecular weight is 323 g/mol. The van der Waals surface area contributed by atoms with E-state index < -0.39 is 0 Å². The number of hydrogen-bond donors (Lipinski definition) is 1. The van der Waals surface area contributed by atoms with E-state index in [1.807, 2.05) is 37.3 Å². The molecule has 1 aliphatic rings. The van der Waals surface area contributed by atoms with Crippen molar-refractivity contribution in [2.75, 3.05) is 0 Å². The third-order valence-electron chi connectivity index (χ3n) is 4.06. The number of para-hydroxylation sites is 1. The first kappa shape index (κ1) is 14.6. The van der Waals surface area contributed by atoms with Crippen molar-refractivity contribution in [3.05, 3.63) is 59.7 Å². The molecule has 1 unspecified atom stereocenters. The van der Waals surface area contributed by atoms with Gasteiger partial charge in [-0.1, -0.05) is 28.6 Å². The Bertz CT molecular complexity index is 851. The lowest BCUT2D eigenvalue weighted by Gasteiger charge is -2.08. The SMILES string of the molecule is CC(NC(=O)c1cc(C2CC2)on1)c1cn(-c2ccccc2)nn1. The van der Waals surface area contributed by atoms with E-state index in [1.165, 1.54) is 0 Å². The monoisotopic (exact) mass is 323 g/mol. The van der Waals surface area contributed by atoms with E-state index in [0.29, 0.717) is 17.3 Å². The minimum atomic E-state index is -0.281. The quantitative estimate of drug-likeness (QED) is 0.780. The largest absolute Gasteiger partial charge is 0.360 e. The maximum Gasteiger partial charge on any atom is 0.274 e. The van der Waals surface area contributed by atoms with Gasteiger partial charge in [0.1, 0.15) is 11.5 Å². The number of nitrogens with one attached hydrogen (secondary N) is 1. The predicted octanol–water partition coefficient (Wildman–Crippen LogP) is 2.62. The van der Waals surface area contributed by atoms with Gasteiger partial charge in [-0.25, -0.2) is 4.68 Å². The van der Waals surface area contributed by atoms with Crippen molar-refractivity contribution in [1.29, 1.82) is 0 Å². The van der Waals surface area contributed by atoms with Crippen molar-refractivity contribution in [3.63, 3.8) is 0 Å². The van der Waals surface area contributed by atoms with Gasteiger partial charge < -0.3 is 9.84 Å². The van der Waals surface area contributed by atoms with Gasteiger partial charge in [-0.3, -0.25) is 4.79 Å². The normalized spacial score (nSPS) is 15.2. The molecule has 7 nitrogen and oxygen atoms in total. The highest BCUT2D eigenvalue weighted by molar-refractivity contribution is 5.92. The number of aromatic nitrogens is 4. The van der Waals surface area contributed by atoms with Crippen LogP contribution in [-0.2, 0) is 0 Å².